The van der Waals surface area contributed by atoms with Crippen LogP contribution in [0.3, 0.4) is 0 Å². The third-order valence-corrected chi connectivity index (χ3v) is 6.38. The summed E-state index contributed by atoms with van der Waals surface area (Å²) in [6.07, 6.45) is 0. The lowest BCUT2D eigenvalue weighted by Gasteiger charge is -2.32. The maximum absolute atomic E-state index is 10.5. The average Bonchev–Trinajstić information content (AvgIpc) is 2.68. The molecule has 0 atom stereocenters. The Morgan fingerprint density at radius 2 is 0.967 bits per heavy atom. The Morgan fingerprint density at radius 3 is 1.33 bits per heavy atom. The molecular weight excluding hydrogens is 423 g/mol. The molecule has 30 heavy (non-hydrogen) atoms. The fraction of sp³-hybridized carbons (Fsp3) is 0.250. The molecule has 0 aliphatic rings. The largest absolute Gasteiger partial charge is 0.507 e. The number of rotatable bonds is 4. The van der Waals surface area contributed by atoms with Gasteiger partial charge >= 0.3 is 0 Å². The van der Waals surface area contributed by atoms with E-state index in [1.165, 1.54) is 24.3 Å². The summed E-state index contributed by atoms with van der Waals surface area (Å²) in [6, 6.07) is 13.3. The number of phenolic OH excluding ortho intramolecular Hbond substituents is 4. The maximum Gasteiger partial charge on any atom is 0.141 e. The van der Waals surface area contributed by atoms with E-state index in [-0.39, 0.29) is 33.0 Å². The van der Waals surface area contributed by atoms with Crippen molar-refractivity contribution in [1.29, 1.82) is 0 Å². The highest BCUT2D eigenvalue weighted by molar-refractivity contribution is 6.32. The van der Waals surface area contributed by atoms with Gasteiger partial charge in [-0.3, -0.25) is 0 Å². The normalized spacial score (nSPS) is 12.2. The van der Waals surface area contributed by atoms with Gasteiger partial charge in [-0.05, 0) is 35.4 Å². The summed E-state index contributed by atoms with van der Waals surface area (Å²) in [6.45, 7) is 7.49. The Hall–Kier alpha value is -2.56. The number of hydrogen-bond acceptors (Lipinski definition) is 4. The fourth-order valence-corrected chi connectivity index (χ4v) is 4.24. The molecule has 4 N–H and O–H groups in total. The van der Waals surface area contributed by atoms with Crippen LogP contribution in [0.25, 0.3) is 0 Å². The summed E-state index contributed by atoms with van der Waals surface area (Å²) in [5.74, 6) is -0.457. The molecule has 0 fully saturated rings. The van der Waals surface area contributed by atoms with Crippen molar-refractivity contribution in [3.05, 3.63) is 80.8 Å². The van der Waals surface area contributed by atoms with E-state index in [9.17, 15) is 20.4 Å². The second-order valence-corrected chi connectivity index (χ2v) is 9.23. The van der Waals surface area contributed by atoms with E-state index in [4.69, 9.17) is 23.2 Å². The molecule has 0 saturated carbocycles. The highest BCUT2D eigenvalue weighted by Gasteiger charge is 2.34. The monoisotopic (exact) mass is 446 g/mol. The van der Waals surface area contributed by atoms with Crippen molar-refractivity contribution < 1.29 is 20.4 Å². The van der Waals surface area contributed by atoms with Crippen LogP contribution in [0, 0.1) is 0 Å². The molecule has 158 valence electrons. The van der Waals surface area contributed by atoms with Crippen LogP contribution in [0.1, 0.15) is 49.9 Å². The van der Waals surface area contributed by atoms with Gasteiger partial charge in [-0.15, -0.1) is 0 Å². The maximum atomic E-state index is 10.5. The first kappa shape index (κ1) is 22.1. The molecule has 0 unspecified atom stereocenters. The molecule has 6 heteroatoms. The van der Waals surface area contributed by atoms with Crippen molar-refractivity contribution >= 4 is 23.2 Å². The first-order valence-electron chi connectivity index (χ1n) is 9.42. The number of aromatic hydroxyl groups is 4. The van der Waals surface area contributed by atoms with Gasteiger partial charge in [0.2, 0.25) is 0 Å². The van der Waals surface area contributed by atoms with Crippen molar-refractivity contribution in [3.63, 3.8) is 0 Å². The Balaban J connectivity index is 2.18. The van der Waals surface area contributed by atoms with Gasteiger partial charge in [-0.1, -0.05) is 75.2 Å². The summed E-state index contributed by atoms with van der Waals surface area (Å²) in [5, 5.41) is 42.2. The van der Waals surface area contributed by atoms with Gasteiger partial charge in [0.15, 0.2) is 0 Å². The average molecular weight is 447 g/mol. The highest BCUT2D eigenvalue weighted by atomic mass is 35.5. The van der Waals surface area contributed by atoms with E-state index in [1.54, 1.807) is 0 Å². The van der Waals surface area contributed by atoms with Gasteiger partial charge in [0.1, 0.15) is 23.0 Å². The topological polar surface area (TPSA) is 80.9 Å². The number of phenols is 4. The SMILES string of the molecule is CC(C)(c1cccc(C(C)(C)c2c(O)ccc(Cl)c2O)c1)c1c(O)ccc(Cl)c1O. The molecule has 0 heterocycles. The van der Waals surface area contributed by atoms with Crippen molar-refractivity contribution in [2.45, 2.75) is 38.5 Å². The Bertz CT molecular complexity index is 1040. The standard InChI is InChI=1S/C24H24Cl2O4/c1-23(2,19-17(27)10-8-15(25)21(19)29)13-6-5-7-14(12-13)24(3,4)20-18(28)11-9-16(26)22(20)30/h5-12,27-30H,1-4H3. The summed E-state index contributed by atoms with van der Waals surface area (Å²) in [4.78, 5) is 0. The zero-order valence-electron chi connectivity index (χ0n) is 17.2. The smallest absolute Gasteiger partial charge is 0.141 e. The quantitative estimate of drug-likeness (QED) is 0.370. The van der Waals surface area contributed by atoms with E-state index in [1.807, 2.05) is 52.0 Å². The Kier molecular flexibility index (Phi) is 5.61. The third-order valence-electron chi connectivity index (χ3n) is 5.77. The predicted molar refractivity (Wildman–Crippen MR) is 120 cm³/mol. The first-order valence-corrected chi connectivity index (χ1v) is 10.2. The molecule has 0 aliphatic heterocycles. The van der Waals surface area contributed by atoms with Crippen molar-refractivity contribution in [3.8, 4) is 23.0 Å². The molecule has 0 aromatic heterocycles. The molecule has 3 aromatic carbocycles. The van der Waals surface area contributed by atoms with Gasteiger partial charge in [-0.25, -0.2) is 0 Å². The van der Waals surface area contributed by atoms with E-state index in [0.29, 0.717) is 11.1 Å². The van der Waals surface area contributed by atoms with Gasteiger partial charge in [-0.2, -0.15) is 0 Å². The first-order chi connectivity index (χ1) is 13.9. The van der Waals surface area contributed by atoms with Crippen LogP contribution >= 0.6 is 23.2 Å². The summed E-state index contributed by atoms with van der Waals surface area (Å²) in [5.41, 5.74) is 0.674. The van der Waals surface area contributed by atoms with E-state index >= 15 is 0 Å². The van der Waals surface area contributed by atoms with Gasteiger partial charge in [0.05, 0.1) is 10.0 Å². The van der Waals surface area contributed by atoms with Gasteiger partial charge in [0, 0.05) is 22.0 Å². The van der Waals surface area contributed by atoms with E-state index in [0.717, 1.165) is 11.1 Å². The minimum Gasteiger partial charge on any atom is -0.507 e. The fourth-order valence-electron chi connectivity index (χ4n) is 3.93. The zero-order valence-corrected chi connectivity index (χ0v) is 18.7. The minimum absolute atomic E-state index is 0.0586. The van der Waals surface area contributed by atoms with Crippen LogP contribution in [-0.4, -0.2) is 20.4 Å². The lowest BCUT2D eigenvalue weighted by molar-refractivity contribution is 0.416. The Labute approximate surface area is 186 Å². The molecule has 0 bridgehead atoms. The number of hydrogen-bond donors (Lipinski definition) is 4. The molecule has 0 spiro atoms. The molecule has 3 aromatic rings. The third kappa shape index (κ3) is 3.55. The zero-order chi connectivity index (χ0) is 22.4. The second-order valence-electron chi connectivity index (χ2n) is 8.41. The van der Waals surface area contributed by atoms with Gasteiger partial charge < -0.3 is 20.4 Å². The van der Waals surface area contributed by atoms with E-state index < -0.39 is 10.8 Å². The Morgan fingerprint density at radius 1 is 0.600 bits per heavy atom. The predicted octanol–water partition coefficient (Wildman–Crippen LogP) is 6.47. The van der Waals surface area contributed by atoms with Crippen LogP contribution in [-0.2, 0) is 10.8 Å². The van der Waals surface area contributed by atoms with Crippen LogP contribution in [0.15, 0.2) is 48.5 Å². The van der Waals surface area contributed by atoms with Crippen molar-refractivity contribution in [1.82, 2.24) is 0 Å². The minimum atomic E-state index is -0.788. The van der Waals surface area contributed by atoms with E-state index in [2.05, 4.69) is 0 Å². The van der Waals surface area contributed by atoms with Crippen LogP contribution < -0.4 is 0 Å². The van der Waals surface area contributed by atoms with Gasteiger partial charge in [0.25, 0.3) is 0 Å². The van der Waals surface area contributed by atoms with Crippen molar-refractivity contribution in [2.75, 3.05) is 0 Å². The molecule has 3 rings (SSSR count). The molecule has 0 radical (unpaired) electrons. The lowest BCUT2D eigenvalue weighted by atomic mass is 9.72. The summed E-state index contributed by atoms with van der Waals surface area (Å²) < 4.78 is 0. The summed E-state index contributed by atoms with van der Waals surface area (Å²) in [7, 11) is 0. The molecule has 0 amide bonds. The molecule has 4 nitrogen and oxygen atoms in total. The molecule has 0 saturated heterocycles. The van der Waals surface area contributed by atoms with Crippen LogP contribution in [0.5, 0.6) is 23.0 Å². The second kappa shape index (κ2) is 7.60. The lowest BCUT2D eigenvalue weighted by Crippen LogP contribution is -2.23. The molecule has 0 aliphatic carbocycles. The summed E-state index contributed by atoms with van der Waals surface area (Å²) >= 11 is 12.2. The van der Waals surface area contributed by atoms with Crippen LogP contribution in [0.2, 0.25) is 10.0 Å². The molecular formula is C24H24Cl2O4. The highest BCUT2D eigenvalue weighted by Crippen LogP contribution is 2.48. The number of halogens is 2. The number of benzene rings is 3. The van der Waals surface area contributed by atoms with Crippen LogP contribution in [0.4, 0.5) is 0 Å². The van der Waals surface area contributed by atoms with Crippen molar-refractivity contribution in [2.24, 2.45) is 0 Å².